The van der Waals surface area contributed by atoms with Gasteiger partial charge in [-0.3, -0.25) is 0 Å². The minimum absolute atomic E-state index is 0.377. The molecule has 0 atom stereocenters. The van der Waals surface area contributed by atoms with Gasteiger partial charge in [0.2, 0.25) is 9.70 Å². The Hall–Kier alpha value is -0.0431. The summed E-state index contributed by atoms with van der Waals surface area (Å²) >= 11 is 0. The topological polar surface area (TPSA) is 52.6 Å². The molecule has 0 aromatic heterocycles. The van der Waals surface area contributed by atoms with E-state index in [-0.39, 0.29) is 0 Å². The SMILES string of the molecule is CCO[Si](OCC)=S(=O)=O. The lowest BCUT2D eigenvalue weighted by atomic mass is 10.9. The van der Waals surface area contributed by atoms with Crippen LogP contribution in [0.4, 0.5) is 0 Å². The Morgan fingerprint density at radius 1 is 1.20 bits per heavy atom. The number of hydrogen-bond donors (Lipinski definition) is 0. The van der Waals surface area contributed by atoms with Crippen molar-refractivity contribution in [1.82, 2.24) is 0 Å². The van der Waals surface area contributed by atoms with Gasteiger partial charge in [-0.25, -0.2) is 0 Å². The molecule has 0 aliphatic rings. The second-order valence-corrected chi connectivity index (χ2v) is 4.90. The minimum atomic E-state index is -2.20. The quantitative estimate of drug-likeness (QED) is 0.571. The van der Waals surface area contributed by atoms with Gasteiger partial charge in [0.1, 0.15) is 0 Å². The summed E-state index contributed by atoms with van der Waals surface area (Å²) in [5.74, 6) is 0. The maximum Gasteiger partial charge on any atom is 0.499 e. The smallest absolute Gasteiger partial charge is 0.361 e. The third kappa shape index (κ3) is 3.88. The number of rotatable bonds is 4. The first kappa shape index (κ1) is 9.96. The lowest BCUT2D eigenvalue weighted by Crippen LogP contribution is -2.13. The molecule has 0 aromatic carbocycles. The van der Waals surface area contributed by atoms with E-state index in [0.717, 1.165) is 0 Å². The predicted molar refractivity (Wildman–Crippen MR) is 37.9 cm³/mol. The van der Waals surface area contributed by atoms with Gasteiger partial charge in [-0.05, 0) is 13.8 Å². The Kier molecular flexibility index (Phi) is 5.70. The fourth-order valence-electron chi connectivity index (χ4n) is 0.374. The molecule has 4 nitrogen and oxygen atoms in total. The maximum atomic E-state index is 10.3. The van der Waals surface area contributed by atoms with Gasteiger partial charge < -0.3 is 8.85 Å². The standard InChI is InChI=1S/C4H10O4SSi/c1-3-7-10(8-4-2)9(5)6/h3-4H2,1-2H3. The highest BCUT2D eigenvalue weighted by atomic mass is 32.3. The molecule has 0 aromatic rings. The van der Waals surface area contributed by atoms with Gasteiger partial charge in [0, 0.05) is 13.2 Å². The van der Waals surface area contributed by atoms with Crippen molar-refractivity contribution in [3.8, 4) is 0 Å². The van der Waals surface area contributed by atoms with Crippen molar-refractivity contribution < 1.29 is 17.3 Å². The molecule has 0 heterocycles. The molecule has 0 aliphatic heterocycles. The van der Waals surface area contributed by atoms with Crippen LogP contribution in [0.2, 0.25) is 0 Å². The molecule has 6 heteroatoms. The molecule has 0 aliphatic carbocycles. The molecule has 0 rings (SSSR count). The minimum Gasteiger partial charge on any atom is -0.361 e. The van der Waals surface area contributed by atoms with Crippen LogP contribution in [0, 0.1) is 0 Å². The van der Waals surface area contributed by atoms with E-state index in [1.54, 1.807) is 13.8 Å². The molecule has 0 amide bonds. The highest BCUT2D eigenvalue weighted by molar-refractivity contribution is 7.80. The van der Waals surface area contributed by atoms with Crippen molar-refractivity contribution in [1.29, 1.82) is 0 Å². The summed E-state index contributed by atoms with van der Waals surface area (Å²) in [5.41, 5.74) is 0. The second kappa shape index (κ2) is 5.72. The third-order valence-electron chi connectivity index (χ3n) is 0.660. The van der Waals surface area contributed by atoms with E-state index in [2.05, 4.69) is 0 Å². The summed E-state index contributed by atoms with van der Waals surface area (Å²) in [4.78, 5) is 0. The fraction of sp³-hybridized carbons (Fsp3) is 1.00. The molecule has 0 saturated heterocycles. The number of hydrogen-bond acceptors (Lipinski definition) is 4. The Morgan fingerprint density at radius 2 is 1.60 bits per heavy atom. The van der Waals surface area contributed by atoms with Crippen LogP contribution in [0.25, 0.3) is 0 Å². The van der Waals surface area contributed by atoms with Crippen molar-refractivity contribution in [3.05, 3.63) is 0 Å². The molecule has 0 radical (unpaired) electrons. The van der Waals surface area contributed by atoms with Crippen LogP contribution in [0.3, 0.4) is 0 Å². The molecule has 0 fully saturated rings. The van der Waals surface area contributed by atoms with E-state index in [1.807, 2.05) is 0 Å². The molecule has 60 valence electrons. The van der Waals surface area contributed by atoms with Gasteiger partial charge in [-0.2, -0.15) is 8.42 Å². The summed E-state index contributed by atoms with van der Waals surface area (Å²) in [6.45, 7) is 4.22. The lowest BCUT2D eigenvalue weighted by molar-refractivity contribution is 0.236. The molecule has 0 unspecified atom stereocenters. The summed E-state index contributed by atoms with van der Waals surface area (Å²) in [6, 6.07) is 0. The molecule has 0 N–H and O–H groups in total. The monoisotopic (exact) mass is 182 g/mol. The molecule has 10 heavy (non-hydrogen) atoms. The van der Waals surface area contributed by atoms with Gasteiger partial charge in [-0.1, -0.05) is 0 Å². The summed E-state index contributed by atoms with van der Waals surface area (Å²) in [7, 11) is -4.24. The van der Waals surface area contributed by atoms with Gasteiger partial charge in [0.15, 0.2) is 0 Å². The van der Waals surface area contributed by atoms with E-state index in [0.29, 0.717) is 13.2 Å². The average Bonchev–Trinajstić information content (AvgIpc) is 1.87. The summed E-state index contributed by atoms with van der Waals surface area (Å²) < 4.78 is 30.2. The lowest BCUT2D eigenvalue weighted by Gasteiger charge is -1.96. The zero-order chi connectivity index (χ0) is 7.98. The van der Waals surface area contributed by atoms with Crippen LogP contribution in [0.1, 0.15) is 13.8 Å². The van der Waals surface area contributed by atoms with Crippen LogP contribution in [0.15, 0.2) is 0 Å². The first-order valence-corrected chi connectivity index (χ1v) is 6.05. The Morgan fingerprint density at radius 3 is 1.80 bits per heavy atom. The molecule has 0 spiro atoms. The summed E-state index contributed by atoms with van der Waals surface area (Å²) in [5, 5.41) is 0. The zero-order valence-corrected chi connectivity index (χ0v) is 7.77. The molecule has 0 bridgehead atoms. The largest absolute Gasteiger partial charge is 0.499 e. The van der Waals surface area contributed by atoms with Crippen molar-refractivity contribution >= 4 is 17.7 Å². The van der Waals surface area contributed by atoms with E-state index < -0.39 is 17.7 Å². The van der Waals surface area contributed by atoms with E-state index >= 15 is 0 Å². The second-order valence-electron chi connectivity index (χ2n) is 1.35. The normalized spacial score (nSPS) is 9.40. The van der Waals surface area contributed by atoms with Crippen molar-refractivity contribution in [2.45, 2.75) is 13.8 Å². The van der Waals surface area contributed by atoms with Crippen LogP contribution < -0.4 is 0 Å². The Labute approximate surface area is 62.7 Å². The van der Waals surface area contributed by atoms with Gasteiger partial charge in [-0.15, -0.1) is 0 Å². The zero-order valence-electron chi connectivity index (χ0n) is 5.96. The van der Waals surface area contributed by atoms with E-state index in [1.165, 1.54) is 0 Å². The van der Waals surface area contributed by atoms with Crippen LogP contribution >= 0.6 is 0 Å². The van der Waals surface area contributed by atoms with E-state index in [9.17, 15) is 8.42 Å². The Balaban J connectivity index is 4.14. The average molecular weight is 182 g/mol. The molecular weight excluding hydrogens is 172 g/mol. The fourth-order valence-corrected chi connectivity index (χ4v) is 2.41. The van der Waals surface area contributed by atoms with Crippen LogP contribution in [0.5, 0.6) is 0 Å². The van der Waals surface area contributed by atoms with Gasteiger partial charge >= 0.3 is 7.99 Å². The van der Waals surface area contributed by atoms with Crippen molar-refractivity contribution in [3.63, 3.8) is 0 Å². The van der Waals surface area contributed by atoms with E-state index in [4.69, 9.17) is 8.85 Å². The third-order valence-corrected chi connectivity index (χ3v) is 3.50. The molecule has 0 saturated carbocycles. The first-order valence-electron chi connectivity index (χ1n) is 2.94. The van der Waals surface area contributed by atoms with Gasteiger partial charge in [0.25, 0.3) is 0 Å². The maximum absolute atomic E-state index is 10.3. The van der Waals surface area contributed by atoms with Crippen LogP contribution in [-0.2, 0) is 18.6 Å². The predicted octanol–water partition coefficient (Wildman–Crippen LogP) is -0.0766. The van der Waals surface area contributed by atoms with Crippen molar-refractivity contribution in [2.24, 2.45) is 0 Å². The highest BCUT2D eigenvalue weighted by Gasteiger charge is 2.03. The Bertz CT molecular complexity index is 191. The van der Waals surface area contributed by atoms with Gasteiger partial charge in [0.05, 0.1) is 0 Å². The summed E-state index contributed by atoms with van der Waals surface area (Å²) in [6.07, 6.45) is 0. The highest BCUT2D eigenvalue weighted by Crippen LogP contribution is 1.79. The first-order chi connectivity index (χ1) is 4.72. The van der Waals surface area contributed by atoms with Crippen molar-refractivity contribution in [2.75, 3.05) is 13.2 Å². The molecular formula is C4H10O4SSi. The van der Waals surface area contributed by atoms with Crippen LogP contribution in [-0.4, -0.2) is 29.6 Å².